The maximum Gasteiger partial charge on any atom is 0.233 e. The van der Waals surface area contributed by atoms with Crippen LogP contribution in [0.25, 0.3) is 22.3 Å². The highest BCUT2D eigenvalue weighted by atomic mass is 19.1. The Labute approximate surface area is 224 Å². The minimum atomic E-state index is -0.868. The lowest BCUT2D eigenvalue weighted by molar-refractivity contribution is -0.226. The summed E-state index contributed by atoms with van der Waals surface area (Å²) in [6.45, 7) is 3.43. The summed E-state index contributed by atoms with van der Waals surface area (Å²) in [6, 6.07) is 10.5. The molecule has 1 unspecified atom stereocenters. The van der Waals surface area contributed by atoms with E-state index in [-0.39, 0.29) is 17.2 Å². The third-order valence-corrected chi connectivity index (χ3v) is 8.67. The summed E-state index contributed by atoms with van der Waals surface area (Å²) in [6.07, 6.45) is 8.22. The van der Waals surface area contributed by atoms with Crippen molar-refractivity contribution in [3.63, 3.8) is 0 Å². The summed E-state index contributed by atoms with van der Waals surface area (Å²) < 4.78 is 15.7. The molecule has 2 bridgehead atoms. The van der Waals surface area contributed by atoms with Gasteiger partial charge >= 0.3 is 0 Å². The van der Waals surface area contributed by atoms with Gasteiger partial charge in [-0.2, -0.15) is 5.10 Å². The van der Waals surface area contributed by atoms with Crippen molar-refractivity contribution in [3.8, 4) is 11.4 Å². The lowest BCUT2D eigenvalue weighted by Crippen LogP contribution is -2.70. The number of aromatic nitrogens is 5. The van der Waals surface area contributed by atoms with Gasteiger partial charge in [-0.15, -0.1) is 0 Å². The Balaban J connectivity index is 1.02. The van der Waals surface area contributed by atoms with E-state index >= 15 is 0 Å². The normalized spacial score (nSPS) is 25.0. The lowest BCUT2D eigenvalue weighted by atomic mass is 9.40. The molecular weight excluding hydrogens is 497 g/mol. The first kappa shape index (κ1) is 24.1. The van der Waals surface area contributed by atoms with Crippen LogP contribution in [0.3, 0.4) is 0 Å². The quantitative estimate of drug-likeness (QED) is 0.331. The number of pyridine rings is 1. The summed E-state index contributed by atoms with van der Waals surface area (Å²) in [4.78, 5) is 38.0. The molecule has 3 aromatic heterocycles. The average Bonchev–Trinajstić information content (AvgIpc) is 3.51. The molecule has 1 saturated heterocycles. The smallest absolute Gasteiger partial charge is 0.233 e. The minimum absolute atomic E-state index is 0.157. The molecule has 4 aromatic rings. The molecule has 4 heterocycles. The Kier molecular flexibility index (Phi) is 5.45. The zero-order valence-electron chi connectivity index (χ0n) is 21.8. The second-order valence-corrected chi connectivity index (χ2v) is 11.5. The maximum atomic E-state index is 13.9. The number of benzene rings is 1. The number of amides is 2. The molecule has 0 spiro atoms. The van der Waals surface area contributed by atoms with Crippen LogP contribution < -0.4 is 10.2 Å². The van der Waals surface area contributed by atoms with Crippen LogP contribution in [-0.4, -0.2) is 48.3 Å². The number of nitrogens with zero attached hydrogens (tertiary/aromatic N) is 5. The van der Waals surface area contributed by atoms with Gasteiger partial charge in [-0.3, -0.25) is 14.6 Å². The number of halogens is 1. The monoisotopic (exact) mass is 527 g/mol. The number of rotatable bonds is 8. The van der Waals surface area contributed by atoms with Crippen LogP contribution in [0.5, 0.6) is 0 Å². The first-order chi connectivity index (χ1) is 18.8. The molecule has 4 aliphatic rings. The van der Waals surface area contributed by atoms with Gasteiger partial charge in [0.05, 0.1) is 18.4 Å². The van der Waals surface area contributed by atoms with Gasteiger partial charge in [-0.1, -0.05) is 12.1 Å². The highest BCUT2D eigenvalue weighted by Gasteiger charge is 2.70. The van der Waals surface area contributed by atoms with E-state index < -0.39 is 5.67 Å². The molecule has 1 aliphatic heterocycles. The fourth-order valence-corrected chi connectivity index (χ4v) is 6.51. The molecule has 1 atom stereocenters. The minimum Gasteiger partial charge on any atom is -0.357 e. The van der Waals surface area contributed by atoms with Gasteiger partial charge in [0.1, 0.15) is 12.0 Å². The topological polar surface area (TPSA) is 109 Å². The zero-order valence-corrected chi connectivity index (χ0v) is 21.8. The zero-order chi connectivity index (χ0) is 26.8. The molecular formula is C29H30FN7O2. The van der Waals surface area contributed by atoms with E-state index in [1.807, 2.05) is 0 Å². The summed E-state index contributed by atoms with van der Waals surface area (Å²) in [5, 5.41) is 9.34. The first-order valence-corrected chi connectivity index (χ1v) is 13.5. The van der Waals surface area contributed by atoms with Crippen molar-refractivity contribution < 1.29 is 14.0 Å². The van der Waals surface area contributed by atoms with Gasteiger partial charge in [0.15, 0.2) is 5.82 Å². The standard InChI is InChI=1S/C29H30FN7O2/c1-18(28-14-29(30,15-28)16-28)32-11-22-8-20-6-5-19(7-24(20)34-22)13-36-17-33-27(35-36)21-9-23(12-31-10-21)37-25(38)3-2-4-26(37)39/h5-10,12,17-18,32,34H,2-4,11,13-16H2,1H3. The molecule has 8 rings (SSSR count). The fourth-order valence-electron chi connectivity index (χ4n) is 6.51. The third kappa shape index (κ3) is 4.23. The van der Waals surface area contributed by atoms with Gasteiger partial charge in [0.2, 0.25) is 11.8 Å². The average molecular weight is 528 g/mol. The van der Waals surface area contributed by atoms with E-state index in [1.165, 1.54) is 11.1 Å². The number of carbonyl (C=O) groups is 2. The number of fused-ring (bicyclic) bond motifs is 1. The van der Waals surface area contributed by atoms with Crippen LogP contribution in [0.4, 0.5) is 10.1 Å². The second-order valence-electron chi connectivity index (χ2n) is 11.5. The van der Waals surface area contributed by atoms with Crippen LogP contribution in [0.2, 0.25) is 0 Å². The molecule has 3 aliphatic carbocycles. The number of aromatic amines is 1. The van der Waals surface area contributed by atoms with Crippen LogP contribution in [0.1, 0.15) is 56.7 Å². The summed E-state index contributed by atoms with van der Waals surface area (Å²) in [5.41, 5.74) is 3.62. The van der Waals surface area contributed by atoms with E-state index in [9.17, 15) is 14.0 Å². The van der Waals surface area contributed by atoms with Crippen molar-refractivity contribution >= 4 is 28.4 Å². The number of imide groups is 1. The third-order valence-electron chi connectivity index (χ3n) is 8.67. The van der Waals surface area contributed by atoms with Gasteiger partial charge in [-0.25, -0.2) is 19.0 Å². The second kappa shape index (κ2) is 8.81. The van der Waals surface area contributed by atoms with Crippen LogP contribution in [0.15, 0.2) is 49.1 Å². The number of nitrogens with one attached hydrogen (secondary N) is 2. The Morgan fingerprint density at radius 3 is 2.67 bits per heavy atom. The van der Waals surface area contributed by atoms with Gasteiger partial charge < -0.3 is 10.3 Å². The number of piperidine rings is 1. The van der Waals surface area contributed by atoms with Crippen LogP contribution in [0, 0.1) is 5.41 Å². The lowest BCUT2D eigenvalue weighted by Gasteiger charge is -2.68. The molecule has 200 valence electrons. The highest BCUT2D eigenvalue weighted by Crippen LogP contribution is 2.70. The van der Waals surface area contributed by atoms with Crippen molar-refractivity contribution in [1.82, 2.24) is 30.0 Å². The van der Waals surface area contributed by atoms with Crippen molar-refractivity contribution in [2.24, 2.45) is 5.41 Å². The fraction of sp³-hybridized carbons (Fsp3) is 0.414. The van der Waals surface area contributed by atoms with Crippen molar-refractivity contribution in [2.45, 2.75) is 70.2 Å². The predicted octanol–water partition coefficient (Wildman–Crippen LogP) is 4.28. The highest BCUT2D eigenvalue weighted by molar-refractivity contribution is 6.16. The Morgan fingerprint density at radius 2 is 1.90 bits per heavy atom. The van der Waals surface area contributed by atoms with Gasteiger partial charge in [0.25, 0.3) is 0 Å². The van der Waals surface area contributed by atoms with Crippen LogP contribution >= 0.6 is 0 Å². The van der Waals surface area contributed by atoms with E-state index in [4.69, 9.17) is 0 Å². The SMILES string of the molecule is CC(NCc1cc2ccc(Cn3cnc(-c4cncc(N5C(=O)CCCC5=O)c4)n3)cc2[nH]1)C12CC(F)(C1)C2. The number of H-pyrrole nitrogens is 1. The molecule has 3 saturated carbocycles. The molecule has 39 heavy (non-hydrogen) atoms. The molecule has 4 fully saturated rings. The maximum absolute atomic E-state index is 13.9. The van der Waals surface area contributed by atoms with Gasteiger partial charge in [-0.05, 0) is 67.2 Å². The van der Waals surface area contributed by atoms with E-state index in [1.54, 1.807) is 23.3 Å². The van der Waals surface area contributed by atoms with E-state index in [0.29, 0.717) is 68.2 Å². The molecule has 1 aromatic carbocycles. The first-order valence-electron chi connectivity index (χ1n) is 13.5. The summed E-state index contributed by atoms with van der Waals surface area (Å²) in [7, 11) is 0. The number of anilines is 1. The van der Waals surface area contributed by atoms with Gasteiger partial charge in [0, 0.05) is 48.4 Å². The molecule has 10 heteroatoms. The van der Waals surface area contributed by atoms with E-state index in [0.717, 1.165) is 28.7 Å². The molecule has 9 nitrogen and oxygen atoms in total. The van der Waals surface area contributed by atoms with Crippen molar-refractivity contribution in [3.05, 3.63) is 60.3 Å². The largest absolute Gasteiger partial charge is 0.357 e. The molecule has 2 N–H and O–H groups in total. The number of carbonyl (C=O) groups excluding carboxylic acids is 2. The Hall–Kier alpha value is -3.92. The van der Waals surface area contributed by atoms with Crippen LogP contribution in [-0.2, 0) is 22.7 Å². The van der Waals surface area contributed by atoms with E-state index in [2.05, 4.69) is 56.6 Å². The van der Waals surface area contributed by atoms with Crippen molar-refractivity contribution in [2.75, 3.05) is 4.90 Å². The summed E-state index contributed by atoms with van der Waals surface area (Å²) in [5.74, 6) is 0.0642. The molecule has 0 radical (unpaired) electrons. The number of hydrogen-bond donors (Lipinski definition) is 2. The Bertz CT molecular complexity index is 1570. The molecule has 2 amide bonds. The number of alkyl halides is 1. The summed E-state index contributed by atoms with van der Waals surface area (Å²) >= 11 is 0. The van der Waals surface area contributed by atoms with Crippen molar-refractivity contribution in [1.29, 1.82) is 0 Å². The number of hydrogen-bond acceptors (Lipinski definition) is 6. The Morgan fingerprint density at radius 1 is 1.10 bits per heavy atom. The predicted molar refractivity (Wildman–Crippen MR) is 143 cm³/mol.